The quantitative estimate of drug-likeness (QED) is 0.847. The molecular formula is C14H15N3S. The fraction of sp³-hybridized carbons (Fsp3) is 0.286. The third-order valence-corrected chi connectivity index (χ3v) is 3.82. The highest BCUT2D eigenvalue weighted by molar-refractivity contribution is 7.15. The molecule has 1 aromatic heterocycles. The molecule has 0 atom stereocenters. The Balaban J connectivity index is 2.37. The van der Waals surface area contributed by atoms with Gasteiger partial charge in [-0.15, -0.1) is 11.3 Å². The summed E-state index contributed by atoms with van der Waals surface area (Å²) in [5.74, 6) is 0. The summed E-state index contributed by atoms with van der Waals surface area (Å²) in [7, 11) is 4.03. The Morgan fingerprint density at radius 2 is 1.94 bits per heavy atom. The first-order valence-corrected chi connectivity index (χ1v) is 6.65. The van der Waals surface area contributed by atoms with Gasteiger partial charge in [0.2, 0.25) is 0 Å². The SMILES string of the molecule is CCc1nc(-c2ccc(N(C)C)cc2)sc1C#N. The van der Waals surface area contributed by atoms with Crippen molar-refractivity contribution in [1.82, 2.24) is 4.98 Å². The number of hydrogen-bond acceptors (Lipinski definition) is 4. The third-order valence-electron chi connectivity index (χ3n) is 2.76. The van der Waals surface area contributed by atoms with Crippen LogP contribution >= 0.6 is 11.3 Å². The molecule has 0 aliphatic carbocycles. The number of aromatic nitrogens is 1. The van der Waals surface area contributed by atoms with Crippen LogP contribution in [0.2, 0.25) is 0 Å². The van der Waals surface area contributed by atoms with Crippen molar-refractivity contribution in [3.8, 4) is 16.6 Å². The van der Waals surface area contributed by atoms with E-state index < -0.39 is 0 Å². The zero-order chi connectivity index (χ0) is 13.1. The van der Waals surface area contributed by atoms with Gasteiger partial charge in [-0.05, 0) is 30.7 Å². The molecule has 0 saturated heterocycles. The van der Waals surface area contributed by atoms with Crippen LogP contribution in [0.25, 0.3) is 10.6 Å². The number of anilines is 1. The number of thiazole rings is 1. The molecule has 0 spiro atoms. The Morgan fingerprint density at radius 1 is 1.28 bits per heavy atom. The van der Waals surface area contributed by atoms with Crippen LogP contribution in [0.5, 0.6) is 0 Å². The minimum Gasteiger partial charge on any atom is -0.378 e. The average Bonchev–Trinajstić information content (AvgIpc) is 2.82. The Kier molecular flexibility index (Phi) is 3.63. The molecule has 1 aromatic carbocycles. The topological polar surface area (TPSA) is 39.9 Å². The van der Waals surface area contributed by atoms with E-state index in [1.54, 1.807) is 0 Å². The van der Waals surface area contributed by atoms with Crippen molar-refractivity contribution in [2.75, 3.05) is 19.0 Å². The molecule has 1 heterocycles. The lowest BCUT2D eigenvalue weighted by atomic mass is 10.2. The molecule has 18 heavy (non-hydrogen) atoms. The van der Waals surface area contributed by atoms with Crippen LogP contribution in [0.1, 0.15) is 17.5 Å². The first-order chi connectivity index (χ1) is 8.65. The molecule has 0 N–H and O–H groups in total. The van der Waals surface area contributed by atoms with E-state index >= 15 is 0 Å². The fourth-order valence-corrected chi connectivity index (χ4v) is 2.66. The van der Waals surface area contributed by atoms with Gasteiger partial charge in [-0.25, -0.2) is 4.98 Å². The summed E-state index contributed by atoms with van der Waals surface area (Å²) in [6.45, 7) is 2.02. The lowest BCUT2D eigenvalue weighted by molar-refractivity contribution is 1.06. The summed E-state index contributed by atoms with van der Waals surface area (Å²) < 4.78 is 0. The van der Waals surface area contributed by atoms with Crippen molar-refractivity contribution in [3.63, 3.8) is 0 Å². The van der Waals surface area contributed by atoms with Crippen molar-refractivity contribution < 1.29 is 0 Å². The predicted octanol–water partition coefficient (Wildman–Crippen LogP) is 3.31. The van der Waals surface area contributed by atoms with Crippen LogP contribution in [-0.2, 0) is 6.42 Å². The van der Waals surface area contributed by atoms with Gasteiger partial charge in [-0.3, -0.25) is 0 Å². The second-order valence-electron chi connectivity index (χ2n) is 4.20. The van der Waals surface area contributed by atoms with Gasteiger partial charge < -0.3 is 4.90 Å². The minimum atomic E-state index is 0.726. The van der Waals surface area contributed by atoms with Gasteiger partial charge in [0.1, 0.15) is 16.0 Å². The smallest absolute Gasteiger partial charge is 0.128 e. The molecule has 0 amide bonds. The molecule has 2 aromatic rings. The number of nitriles is 1. The van der Waals surface area contributed by atoms with Gasteiger partial charge in [0.05, 0.1) is 5.69 Å². The van der Waals surface area contributed by atoms with Gasteiger partial charge >= 0.3 is 0 Å². The van der Waals surface area contributed by atoms with E-state index in [2.05, 4.69) is 40.2 Å². The maximum absolute atomic E-state index is 9.04. The predicted molar refractivity (Wildman–Crippen MR) is 76.0 cm³/mol. The summed E-state index contributed by atoms with van der Waals surface area (Å²) in [5.41, 5.74) is 3.13. The zero-order valence-electron chi connectivity index (χ0n) is 10.8. The summed E-state index contributed by atoms with van der Waals surface area (Å²) in [6, 6.07) is 10.4. The van der Waals surface area contributed by atoms with Gasteiger partial charge in [0.15, 0.2) is 0 Å². The second-order valence-corrected chi connectivity index (χ2v) is 5.20. The van der Waals surface area contributed by atoms with E-state index in [0.29, 0.717) is 0 Å². The Hall–Kier alpha value is -1.86. The maximum Gasteiger partial charge on any atom is 0.128 e. The highest BCUT2D eigenvalue weighted by Crippen LogP contribution is 2.29. The number of nitrogens with zero attached hydrogens (tertiary/aromatic N) is 3. The summed E-state index contributed by atoms with van der Waals surface area (Å²) >= 11 is 1.47. The number of aryl methyl sites for hydroxylation is 1. The Bertz CT molecular complexity index is 576. The van der Waals surface area contributed by atoms with Crippen molar-refractivity contribution in [1.29, 1.82) is 5.26 Å². The van der Waals surface area contributed by atoms with Crippen molar-refractivity contribution >= 4 is 17.0 Å². The minimum absolute atomic E-state index is 0.726. The molecule has 0 aliphatic rings. The summed E-state index contributed by atoms with van der Waals surface area (Å²) in [6.07, 6.45) is 0.801. The van der Waals surface area contributed by atoms with Gasteiger partial charge in [0.25, 0.3) is 0 Å². The summed E-state index contributed by atoms with van der Waals surface area (Å²) in [5, 5.41) is 9.97. The van der Waals surface area contributed by atoms with Crippen LogP contribution in [0, 0.1) is 11.3 Å². The van der Waals surface area contributed by atoms with E-state index in [1.807, 2.05) is 21.0 Å². The molecule has 0 fully saturated rings. The van der Waals surface area contributed by atoms with Crippen LogP contribution in [0.4, 0.5) is 5.69 Å². The Labute approximate surface area is 111 Å². The van der Waals surface area contributed by atoms with E-state index in [-0.39, 0.29) is 0 Å². The molecule has 2 rings (SSSR count). The van der Waals surface area contributed by atoms with E-state index in [1.165, 1.54) is 11.3 Å². The third kappa shape index (κ3) is 2.36. The first-order valence-electron chi connectivity index (χ1n) is 5.83. The first kappa shape index (κ1) is 12.6. The highest BCUT2D eigenvalue weighted by atomic mass is 32.1. The number of hydrogen-bond donors (Lipinski definition) is 0. The average molecular weight is 257 g/mol. The monoisotopic (exact) mass is 257 g/mol. The molecule has 0 saturated carbocycles. The van der Waals surface area contributed by atoms with Gasteiger partial charge in [-0.2, -0.15) is 5.26 Å². The largest absolute Gasteiger partial charge is 0.378 e. The van der Waals surface area contributed by atoms with Crippen LogP contribution in [0.3, 0.4) is 0 Å². The summed E-state index contributed by atoms with van der Waals surface area (Å²) in [4.78, 5) is 7.31. The standard InChI is InChI=1S/C14H15N3S/c1-4-12-13(9-15)18-14(16-12)10-5-7-11(8-6-10)17(2)3/h5-8H,4H2,1-3H3. The Morgan fingerprint density at radius 3 is 2.39 bits per heavy atom. The van der Waals surface area contributed by atoms with E-state index in [9.17, 15) is 0 Å². The van der Waals surface area contributed by atoms with Crippen molar-refractivity contribution in [2.45, 2.75) is 13.3 Å². The zero-order valence-corrected chi connectivity index (χ0v) is 11.6. The second kappa shape index (κ2) is 5.19. The normalized spacial score (nSPS) is 10.1. The molecule has 3 nitrogen and oxygen atoms in total. The highest BCUT2D eigenvalue weighted by Gasteiger charge is 2.10. The van der Waals surface area contributed by atoms with Crippen LogP contribution < -0.4 is 4.90 Å². The van der Waals surface area contributed by atoms with E-state index in [0.717, 1.165) is 33.3 Å². The van der Waals surface area contributed by atoms with Crippen LogP contribution in [-0.4, -0.2) is 19.1 Å². The number of benzene rings is 1. The van der Waals surface area contributed by atoms with Gasteiger partial charge in [0, 0.05) is 25.3 Å². The molecule has 0 bridgehead atoms. The molecule has 0 unspecified atom stereocenters. The molecule has 4 heteroatoms. The van der Waals surface area contributed by atoms with Crippen molar-refractivity contribution in [2.24, 2.45) is 0 Å². The fourth-order valence-electron chi connectivity index (χ4n) is 1.70. The van der Waals surface area contributed by atoms with Crippen molar-refractivity contribution in [3.05, 3.63) is 34.8 Å². The number of rotatable bonds is 3. The van der Waals surface area contributed by atoms with E-state index in [4.69, 9.17) is 5.26 Å². The maximum atomic E-state index is 9.04. The molecular weight excluding hydrogens is 242 g/mol. The molecule has 0 radical (unpaired) electrons. The molecule has 0 aliphatic heterocycles. The lowest BCUT2D eigenvalue weighted by Gasteiger charge is -2.11. The lowest BCUT2D eigenvalue weighted by Crippen LogP contribution is -2.07. The van der Waals surface area contributed by atoms with Crippen LogP contribution in [0.15, 0.2) is 24.3 Å². The molecule has 92 valence electrons. The van der Waals surface area contributed by atoms with Gasteiger partial charge in [-0.1, -0.05) is 6.92 Å².